The van der Waals surface area contributed by atoms with Crippen molar-refractivity contribution in [2.45, 2.75) is 0 Å². The minimum absolute atomic E-state index is 0.310. The van der Waals surface area contributed by atoms with Gasteiger partial charge in [0.15, 0.2) is 11.6 Å². The first-order valence-corrected chi connectivity index (χ1v) is 3.03. The Bertz CT molecular complexity index is 323. The van der Waals surface area contributed by atoms with E-state index in [0.717, 1.165) is 12.3 Å². The number of halogens is 3. The minimum atomic E-state index is -1.26. The second kappa shape index (κ2) is 3.25. The molecule has 0 amide bonds. The van der Waals surface area contributed by atoms with Gasteiger partial charge in [-0.1, -0.05) is 0 Å². The van der Waals surface area contributed by atoms with Gasteiger partial charge in [-0.25, -0.2) is 13.2 Å². The maximum Gasteiger partial charge on any atom is 0.167 e. The fourth-order valence-corrected chi connectivity index (χ4v) is 0.750. The summed E-state index contributed by atoms with van der Waals surface area (Å²) in [6.07, 6.45) is 0.835. The zero-order valence-corrected chi connectivity index (χ0v) is 5.89. The fourth-order valence-electron chi connectivity index (χ4n) is 0.750. The number of hydrogen-bond acceptors (Lipinski definition) is 2. The average molecular weight is 174 g/mol. The van der Waals surface area contributed by atoms with Crippen molar-refractivity contribution in [3.63, 3.8) is 0 Å². The smallest absolute Gasteiger partial charge is 0.167 e. The molecule has 64 valence electrons. The lowest BCUT2D eigenvalue weighted by Crippen LogP contribution is -1.96. The molecule has 0 radical (unpaired) electrons. The van der Waals surface area contributed by atoms with Gasteiger partial charge in [-0.3, -0.25) is 0 Å². The Morgan fingerprint density at radius 1 is 1.25 bits per heavy atom. The first kappa shape index (κ1) is 8.58. The van der Waals surface area contributed by atoms with Gasteiger partial charge in [0.25, 0.3) is 0 Å². The van der Waals surface area contributed by atoms with Gasteiger partial charge in [-0.05, 0) is 6.07 Å². The largest absolute Gasteiger partial charge is 0.323 e. The first-order chi connectivity index (χ1) is 5.65. The van der Waals surface area contributed by atoms with Gasteiger partial charge in [0.1, 0.15) is 5.82 Å². The fraction of sp³-hybridized carbons (Fsp3) is 0. The van der Waals surface area contributed by atoms with Gasteiger partial charge in [-0.15, -0.1) is 0 Å². The molecule has 0 saturated carbocycles. The molecule has 5 heteroatoms. The van der Waals surface area contributed by atoms with Gasteiger partial charge in [0, 0.05) is 11.6 Å². The highest BCUT2D eigenvalue weighted by molar-refractivity contribution is 5.79. The van der Waals surface area contributed by atoms with Crippen LogP contribution >= 0.6 is 0 Å². The van der Waals surface area contributed by atoms with Crippen LogP contribution in [-0.2, 0) is 0 Å². The summed E-state index contributed by atoms with van der Waals surface area (Å²) in [6.45, 7) is 0. The summed E-state index contributed by atoms with van der Waals surface area (Å²) in [5, 5.41) is 2.95. The van der Waals surface area contributed by atoms with Crippen molar-refractivity contribution in [3.05, 3.63) is 35.1 Å². The summed E-state index contributed by atoms with van der Waals surface area (Å²) in [6, 6.07) is 1.25. The Morgan fingerprint density at radius 2 is 1.92 bits per heavy atom. The molecule has 2 N–H and O–H groups in total. The van der Waals surface area contributed by atoms with E-state index in [1.54, 1.807) is 0 Å². The van der Waals surface area contributed by atoms with Crippen LogP contribution in [-0.4, -0.2) is 6.21 Å². The molecule has 0 aliphatic rings. The van der Waals surface area contributed by atoms with Crippen molar-refractivity contribution >= 4 is 6.21 Å². The molecule has 0 aliphatic carbocycles. The maximum atomic E-state index is 12.7. The van der Waals surface area contributed by atoms with Crippen molar-refractivity contribution in [3.8, 4) is 0 Å². The third kappa shape index (κ3) is 1.55. The Labute approximate surface area is 66.5 Å². The minimum Gasteiger partial charge on any atom is -0.323 e. The quantitative estimate of drug-likeness (QED) is 0.297. The Balaban J connectivity index is 3.27. The van der Waals surface area contributed by atoms with Crippen molar-refractivity contribution in [2.75, 3.05) is 0 Å². The van der Waals surface area contributed by atoms with Crippen molar-refractivity contribution < 1.29 is 13.2 Å². The van der Waals surface area contributed by atoms with E-state index in [2.05, 4.69) is 10.9 Å². The Hall–Kier alpha value is -1.52. The zero-order chi connectivity index (χ0) is 9.14. The van der Waals surface area contributed by atoms with Crippen LogP contribution in [0, 0.1) is 17.5 Å². The molecule has 12 heavy (non-hydrogen) atoms. The van der Waals surface area contributed by atoms with Crippen molar-refractivity contribution in [1.29, 1.82) is 0 Å². The molecule has 1 aromatic rings. The molecule has 0 heterocycles. The van der Waals surface area contributed by atoms with Crippen LogP contribution in [0.25, 0.3) is 0 Å². The highest BCUT2D eigenvalue weighted by Crippen LogP contribution is 2.11. The predicted octanol–water partition coefficient (Wildman–Crippen LogP) is 1.40. The predicted molar refractivity (Wildman–Crippen MR) is 38.1 cm³/mol. The van der Waals surface area contributed by atoms with E-state index in [0.29, 0.717) is 6.07 Å². The average Bonchev–Trinajstić information content (AvgIpc) is 2.00. The van der Waals surface area contributed by atoms with E-state index in [-0.39, 0.29) is 5.56 Å². The van der Waals surface area contributed by atoms with E-state index >= 15 is 0 Å². The molecule has 1 aromatic carbocycles. The second-order valence-corrected chi connectivity index (χ2v) is 2.07. The molecule has 0 unspecified atom stereocenters. The standard InChI is InChI=1S/C7H5F3N2/c8-5-1-4(3-12-11)7(10)6(9)2-5/h1-3H,11H2/b12-3+. The van der Waals surface area contributed by atoms with Crippen LogP contribution in [0.15, 0.2) is 17.2 Å². The Kier molecular flexibility index (Phi) is 2.32. The lowest BCUT2D eigenvalue weighted by Gasteiger charge is -1.97. The summed E-state index contributed by atoms with van der Waals surface area (Å²) < 4.78 is 37.5. The molecule has 0 fully saturated rings. The Morgan fingerprint density at radius 3 is 2.50 bits per heavy atom. The number of nitrogens with zero attached hydrogens (tertiary/aromatic N) is 1. The SMILES string of the molecule is N/N=C/c1cc(F)cc(F)c1F. The van der Waals surface area contributed by atoms with Crippen LogP contribution in [0.5, 0.6) is 0 Å². The van der Waals surface area contributed by atoms with Gasteiger partial charge in [-0.2, -0.15) is 5.10 Å². The van der Waals surface area contributed by atoms with Crippen molar-refractivity contribution in [1.82, 2.24) is 0 Å². The summed E-state index contributed by atoms with van der Waals surface area (Å²) in [7, 11) is 0. The number of benzene rings is 1. The van der Waals surface area contributed by atoms with E-state index < -0.39 is 17.5 Å². The summed E-state index contributed by atoms with van der Waals surface area (Å²) in [5.74, 6) is 1.40. The monoisotopic (exact) mass is 174 g/mol. The molecule has 0 aromatic heterocycles. The highest BCUT2D eigenvalue weighted by Gasteiger charge is 2.08. The number of nitrogens with two attached hydrogens (primary N) is 1. The second-order valence-electron chi connectivity index (χ2n) is 2.07. The molecular weight excluding hydrogens is 169 g/mol. The lowest BCUT2D eigenvalue weighted by atomic mass is 10.2. The van der Waals surface area contributed by atoms with Crippen LogP contribution < -0.4 is 5.84 Å². The van der Waals surface area contributed by atoms with Gasteiger partial charge < -0.3 is 5.84 Å². The maximum absolute atomic E-state index is 12.7. The van der Waals surface area contributed by atoms with E-state index in [1.807, 2.05) is 0 Å². The third-order valence-corrected chi connectivity index (χ3v) is 1.23. The molecule has 0 spiro atoms. The molecule has 1 rings (SSSR count). The normalized spacial score (nSPS) is 10.9. The third-order valence-electron chi connectivity index (χ3n) is 1.23. The van der Waals surface area contributed by atoms with E-state index in [4.69, 9.17) is 0 Å². The summed E-state index contributed by atoms with van der Waals surface area (Å²) >= 11 is 0. The molecule has 0 aliphatic heterocycles. The van der Waals surface area contributed by atoms with Gasteiger partial charge in [0.05, 0.1) is 6.21 Å². The van der Waals surface area contributed by atoms with E-state index in [1.165, 1.54) is 0 Å². The van der Waals surface area contributed by atoms with Crippen LogP contribution in [0.2, 0.25) is 0 Å². The van der Waals surface area contributed by atoms with Crippen LogP contribution in [0.1, 0.15) is 5.56 Å². The summed E-state index contributed by atoms with van der Waals surface area (Å²) in [4.78, 5) is 0. The molecule has 2 nitrogen and oxygen atoms in total. The molecule has 0 saturated heterocycles. The van der Waals surface area contributed by atoms with Gasteiger partial charge >= 0.3 is 0 Å². The topological polar surface area (TPSA) is 38.4 Å². The summed E-state index contributed by atoms with van der Waals surface area (Å²) in [5.41, 5.74) is -0.310. The molecule has 0 atom stereocenters. The highest BCUT2D eigenvalue weighted by atomic mass is 19.2. The van der Waals surface area contributed by atoms with Crippen LogP contribution in [0.3, 0.4) is 0 Å². The van der Waals surface area contributed by atoms with Gasteiger partial charge in [0.2, 0.25) is 0 Å². The number of hydrogen-bond donors (Lipinski definition) is 1. The molecule has 0 bridgehead atoms. The first-order valence-electron chi connectivity index (χ1n) is 3.03. The van der Waals surface area contributed by atoms with E-state index in [9.17, 15) is 13.2 Å². The number of hydrazone groups is 1. The number of rotatable bonds is 1. The van der Waals surface area contributed by atoms with Crippen molar-refractivity contribution in [2.24, 2.45) is 10.9 Å². The zero-order valence-electron chi connectivity index (χ0n) is 5.89. The lowest BCUT2D eigenvalue weighted by molar-refractivity contribution is 0.493. The van der Waals surface area contributed by atoms with Crippen LogP contribution in [0.4, 0.5) is 13.2 Å². The molecular formula is C7H5F3N2.